The number of rotatable bonds is 5. The van der Waals surface area contributed by atoms with Crippen molar-refractivity contribution >= 4 is 21.6 Å². The molecule has 0 fully saturated rings. The van der Waals surface area contributed by atoms with Crippen molar-refractivity contribution in [3.63, 3.8) is 0 Å². The first-order valence-corrected chi connectivity index (χ1v) is 6.85. The average Bonchev–Trinajstić information content (AvgIpc) is 2.26. The molecule has 5 N–H and O–H groups in total. The summed E-state index contributed by atoms with van der Waals surface area (Å²) < 4.78 is 34.1. The zero-order valence-electron chi connectivity index (χ0n) is 9.52. The summed E-state index contributed by atoms with van der Waals surface area (Å²) in [6.07, 6.45) is 0.210. The number of carbonyl (C=O) groups is 1. The highest BCUT2D eigenvalue weighted by Gasteiger charge is 2.08. The molecule has 0 spiro atoms. The largest absolute Gasteiger partial charge is 0.396 e. The molecular weight excluding hydrogens is 261 g/mol. The lowest BCUT2D eigenvalue weighted by atomic mass is 10.2. The van der Waals surface area contributed by atoms with Gasteiger partial charge in [0.15, 0.2) is 0 Å². The van der Waals surface area contributed by atoms with E-state index >= 15 is 0 Å². The standard InChI is InChI=1S/C10H14FN3O3S/c11-8-3-2-7(6-9(8)12)10(15)14-4-1-5-18(13,16)17/h2-3,6H,1,4-5,12H2,(H,14,15)(H2,13,16,17). The molecule has 0 atom stereocenters. The number of carbonyl (C=O) groups excluding carboxylic acids is 1. The lowest BCUT2D eigenvalue weighted by Crippen LogP contribution is -2.27. The Morgan fingerprint density at radius 1 is 1.39 bits per heavy atom. The van der Waals surface area contributed by atoms with E-state index in [-0.39, 0.29) is 30.0 Å². The summed E-state index contributed by atoms with van der Waals surface area (Å²) in [6.45, 7) is 0.159. The fraction of sp³-hybridized carbons (Fsp3) is 0.300. The Labute approximate surface area is 104 Å². The van der Waals surface area contributed by atoms with Crippen LogP contribution in [0.25, 0.3) is 0 Å². The van der Waals surface area contributed by atoms with Crippen LogP contribution in [0.2, 0.25) is 0 Å². The number of benzene rings is 1. The zero-order chi connectivity index (χ0) is 13.8. The molecule has 1 amide bonds. The van der Waals surface area contributed by atoms with E-state index in [0.29, 0.717) is 0 Å². The Hall–Kier alpha value is -1.67. The fourth-order valence-electron chi connectivity index (χ4n) is 1.26. The van der Waals surface area contributed by atoms with Gasteiger partial charge in [0.05, 0.1) is 11.4 Å². The lowest BCUT2D eigenvalue weighted by molar-refractivity contribution is 0.0953. The van der Waals surface area contributed by atoms with Crippen LogP contribution >= 0.6 is 0 Å². The number of nitrogens with one attached hydrogen (secondary N) is 1. The third-order valence-electron chi connectivity index (χ3n) is 2.15. The molecule has 8 heteroatoms. The quantitative estimate of drug-likeness (QED) is 0.510. The number of hydrogen-bond acceptors (Lipinski definition) is 4. The van der Waals surface area contributed by atoms with Gasteiger partial charge in [-0.2, -0.15) is 0 Å². The second-order valence-electron chi connectivity index (χ2n) is 3.71. The molecule has 0 aliphatic heterocycles. The van der Waals surface area contributed by atoms with Gasteiger partial charge in [-0.05, 0) is 24.6 Å². The Bertz CT molecular complexity index is 545. The summed E-state index contributed by atoms with van der Waals surface area (Å²) in [4.78, 5) is 11.6. The number of primary sulfonamides is 1. The van der Waals surface area contributed by atoms with E-state index in [4.69, 9.17) is 10.9 Å². The van der Waals surface area contributed by atoms with Gasteiger partial charge in [-0.1, -0.05) is 0 Å². The van der Waals surface area contributed by atoms with Crippen molar-refractivity contribution in [1.29, 1.82) is 0 Å². The molecule has 1 aromatic rings. The first kappa shape index (κ1) is 14.4. The normalized spacial score (nSPS) is 11.2. The number of halogens is 1. The van der Waals surface area contributed by atoms with Crippen LogP contribution in [0.3, 0.4) is 0 Å². The van der Waals surface area contributed by atoms with Gasteiger partial charge in [0.1, 0.15) is 5.82 Å². The first-order valence-electron chi connectivity index (χ1n) is 5.13. The Morgan fingerprint density at radius 3 is 2.61 bits per heavy atom. The van der Waals surface area contributed by atoms with Crippen LogP contribution in [-0.4, -0.2) is 26.6 Å². The number of hydrogen-bond donors (Lipinski definition) is 3. The van der Waals surface area contributed by atoms with Crippen LogP contribution in [0, 0.1) is 5.82 Å². The van der Waals surface area contributed by atoms with Crippen molar-refractivity contribution in [3.8, 4) is 0 Å². The molecule has 100 valence electrons. The highest BCUT2D eigenvalue weighted by Crippen LogP contribution is 2.11. The van der Waals surface area contributed by atoms with Crippen LogP contribution in [-0.2, 0) is 10.0 Å². The summed E-state index contributed by atoms with van der Waals surface area (Å²) >= 11 is 0. The van der Waals surface area contributed by atoms with Gasteiger partial charge in [-0.15, -0.1) is 0 Å². The minimum atomic E-state index is -3.52. The summed E-state index contributed by atoms with van der Waals surface area (Å²) in [6, 6.07) is 3.60. The highest BCUT2D eigenvalue weighted by atomic mass is 32.2. The summed E-state index contributed by atoms with van der Waals surface area (Å²) in [7, 11) is -3.52. The van der Waals surface area contributed by atoms with E-state index in [1.165, 1.54) is 12.1 Å². The third-order valence-corrected chi connectivity index (χ3v) is 3.01. The SMILES string of the molecule is Nc1cc(C(=O)NCCCS(N)(=O)=O)ccc1F. The van der Waals surface area contributed by atoms with Gasteiger partial charge >= 0.3 is 0 Å². The number of nitrogen functional groups attached to an aromatic ring is 1. The van der Waals surface area contributed by atoms with Gasteiger partial charge in [0.2, 0.25) is 10.0 Å². The number of amides is 1. The summed E-state index contributed by atoms with van der Waals surface area (Å²) in [5.74, 6) is -1.25. The van der Waals surface area contributed by atoms with Crippen LogP contribution < -0.4 is 16.2 Å². The monoisotopic (exact) mass is 275 g/mol. The van der Waals surface area contributed by atoms with Gasteiger partial charge in [-0.25, -0.2) is 17.9 Å². The minimum Gasteiger partial charge on any atom is -0.396 e. The third kappa shape index (κ3) is 4.68. The minimum absolute atomic E-state index is 0.118. The molecule has 1 rings (SSSR count). The molecule has 0 radical (unpaired) electrons. The maximum atomic E-state index is 12.9. The Balaban J connectivity index is 2.48. The van der Waals surface area contributed by atoms with Crippen molar-refractivity contribution in [3.05, 3.63) is 29.6 Å². The van der Waals surface area contributed by atoms with E-state index < -0.39 is 21.7 Å². The van der Waals surface area contributed by atoms with Gasteiger partial charge in [0, 0.05) is 12.1 Å². The predicted octanol–water partition coefficient (Wildman–Crippen LogP) is -0.184. The second-order valence-corrected chi connectivity index (χ2v) is 5.45. The van der Waals surface area contributed by atoms with E-state index in [1.807, 2.05) is 0 Å². The average molecular weight is 275 g/mol. The summed E-state index contributed by atoms with van der Waals surface area (Å²) in [5.41, 5.74) is 5.41. The predicted molar refractivity (Wildman–Crippen MR) is 65.7 cm³/mol. The van der Waals surface area contributed by atoms with Crippen molar-refractivity contribution in [2.75, 3.05) is 18.0 Å². The van der Waals surface area contributed by atoms with Crippen molar-refractivity contribution < 1.29 is 17.6 Å². The second kappa shape index (κ2) is 5.78. The molecule has 0 saturated heterocycles. The molecule has 18 heavy (non-hydrogen) atoms. The maximum absolute atomic E-state index is 12.9. The van der Waals surface area contributed by atoms with E-state index in [9.17, 15) is 17.6 Å². The van der Waals surface area contributed by atoms with Gasteiger partial charge < -0.3 is 11.1 Å². The van der Waals surface area contributed by atoms with Crippen LogP contribution in [0.1, 0.15) is 16.8 Å². The van der Waals surface area contributed by atoms with E-state index in [0.717, 1.165) is 6.07 Å². The number of sulfonamides is 1. The van der Waals surface area contributed by atoms with Crippen molar-refractivity contribution in [2.24, 2.45) is 5.14 Å². The van der Waals surface area contributed by atoms with Crippen LogP contribution in [0.15, 0.2) is 18.2 Å². The Morgan fingerprint density at radius 2 is 2.06 bits per heavy atom. The summed E-state index contributed by atoms with van der Waals surface area (Å²) in [5, 5.41) is 7.28. The van der Waals surface area contributed by atoms with Crippen molar-refractivity contribution in [1.82, 2.24) is 5.32 Å². The topological polar surface area (TPSA) is 115 Å². The molecule has 0 aliphatic carbocycles. The lowest BCUT2D eigenvalue weighted by Gasteiger charge is -2.05. The highest BCUT2D eigenvalue weighted by molar-refractivity contribution is 7.89. The first-order chi connectivity index (χ1) is 8.29. The van der Waals surface area contributed by atoms with Crippen LogP contribution in [0.5, 0.6) is 0 Å². The maximum Gasteiger partial charge on any atom is 0.251 e. The molecule has 1 aromatic carbocycles. The molecule has 0 aliphatic rings. The number of nitrogens with two attached hydrogens (primary N) is 2. The fourth-order valence-corrected chi connectivity index (χ4v) is 1.81. The zero-order valence-corrected chi connectivity index (χ0v) is 10.3. The molecule has 0 aromatic heterocycles. The molecule has 0 heterocycles. The Kier molecular flexibility index (Phi) is 4.62. The molecule has 0 unspecified atom stereocenters. The number of anilines is 1. The van der Waals surface area contributed by atoms with Crippen LogP contribution in [0.4, 0.5) is 10.1 Å². The van der Waals surface area contributed by atoms with Gasteiger partial charge in [0.25, 0.3) is 5.91 Å². The van der Waals surface area contributed by atoms with E-state index in [2.05, 4.69) is 5.32 Å². The molecular formula is C10H14FN3O3S. The molecule has 0 saturated carbocycles. The molecule has 0 bridgehead atoms. The molecule has 6 nitrogen and oxygen atoms in total. The van der Waals surface area contributed by atoms with E-state index in [1.54, 1.807) is 0 Å². The van der Waals surface area contributed by atoms with Gasteiger partial charge in [-0.3, -0.25) is 4.79 Å². The smallest absolute Gasteiger partial charge is 0.251 e. The van der Waals surface area contributed by atoms with Crippen molar-refractivity contribution in [2.45, 2.75) is 6.42 Å².